The van der Waals surface area contributed by atoms with Gasteiger partial charge in [-0.2, -0.15) is 5.26 Å². The maximum Gasteiger partial charge on any atom is 0.234 e. The summed E-state index contributed by atoms with van der Waals surface area (Å²) >= 11 is 1.59. The van der Waals surface area contributed by atoms with Gasteiger partial charge in [-0.1, -0.05) is 6.07 Å². The quantitative estimate of drug-likeness (QED) is 0.761. The molecule has 0 aromatic carbocycles. The van der Waals surface area contributed by atoms with Gasteiger partial charge >= 0.3 is 0 Å². The molecule has 3 nitrogen and oxygen atoms in total. The van der Waals surface area contributed by atoms with Crippen LogP contribution in [0.3, 0.4) is 0 Å². The number of nitrogens with zero attached hydrogens (tertiary/aromatic N) is 1. The normalized spacial score (nSPS) is 8.92. The third kappa shape index (κ3) is 2.72. The lowest BCUT2D eigenvalue weighted by Crippen LogP contribution is -2.21. The van der Waals surface area contributed by atoms with Gasteiger partial charge in [0.15, 0.2) is 0 Å². The lowest BCUT2D eigenvalue weighted by molar-refractivity contribution is -0.120. The van der Waals surface area contributed by atoms with E-state index < -0.39 is 0 Å². The van der Waals surface area contributed by atoms with E-state index in [1.807, 2.05) is 17.5 Å². The van der Waals surface area contributed by atoms with Gasteiger partial charge in [0.05, 0.1) is 12.6 Å². The Kier molecular flexibility index (Phi) is 3.30. The van der Waals surface area contributed by atoms with Crippen LogP contribution in [0.2, 0.25) is 0 Å². The molecule has 4 heteroatoms. The van der Waals surface area contributed by atoms with Crippen LogP contribution >= 0.6 is 11.3 Å². The highest BCUT2D eigenvalue weighted by molar-refractivity contribution is 7.09. The van der Waals surface area contributed by atoms with E-state index in [2.05, 4.69) is 5.32 Å². The average Bonchev–Trinajstić information content (AvgIpc) is 2.53. The van der Waals surface area contributed by atoms with Crippen molar-refractivity contribution < 1.29 is 4.79 Å². The number of rotatable bonds is 3. The molecule has 0 atom stereocenters. The Hall–Kier alpha value is -1.34. The smallest absolute Gasteiger partial charge is 0.234 e. The van der Waals surface area contributed by atoms with Crippen LogP contribution in [0, 0.1) is 11.3 Å². The Morgan fingerprint density at radius 3 is 3.17 bits per heavy atom. The Labute approximate surface area is 74.6 Å². The molecule has 0 fully saturated rings. The minimum atomic E-state index is -0.217. The third-order valence-electron chi connectivity index (χ3n) is 1.28. The standard InChI is InChI=1S/C8H8N2OS/c9-4-3-8(11)10-6-7-2-1-5-12-7/h1-2,5H,3,6H2,(H,10,11). The Morgan fingerprint density at radius 2 is 2.58 bits per heavy atom. The van der Waals surface area contributed by atoms with Gasteiger partial charge in [0.25, 0.3) is 0 Å². The number of carbonyl (C=O) groups excluding carboxylic acids is 1. The lowest BCUT2D eigenvalue weighted by Gasteiger charge is -1.98. The van der Waals surface area contributed by atoms with Crippen molar-refractivity contribution in [2.75, 3.05) is 0 Å². The second kappa shape index (κ2) is 4.52. The van der Waals surface area contributed by atoms with Gasteiger partial charge < -0.3 is 5.32 Å². The van der Waals surface area contributed by atoms with Crippen molar-refractivity contribution in [2.45, 2.75) is 13.0 Å². The maximum atomic E-state index is 10.8. The van der Waals surface area contributed by atoms with Crippen molar-refractivity contribution in [2.24, 2.45) is 0 Å². The summed E-state index contributed by atoms with van der Waals surface area (Å²) in [5, 5.41) is 12.8. The summed E-state index contributed by atoms with van der Waals surface area (Å²) in [6.07, 6.45) is -0.0641. The van der Waals surface area contributed by atoms with Gasteiger partial charge in [0, 0.05) is 4.88 Å². The van der Waals surface area contributed by atoms with Crippen LogP contribution in [0.5, 0.6) is 0 Å². The van der Waals surface area contributed by atoms with Crippen molar-refractivity contribution in [3.63, 3.8) is 0 Å². The molecular weight excluding hydrogens is 172 g/mol. The topological polar surface area (TPSA) is 52.9 Å². The number of thiophene rings is 1. The first-order chi connectivity index (χ1) is 5.83. The van der Waals surface area contributed by atoms with Crippen LogP contribution in [0.25, 0.3) is 0 Å². The fourth-order valence-corrected chi connectivity index (χ4v) is 1.38. The highest BCUT2D eigenvalue weighted by Crippen LogP contribution is 2.07. The molecular formula is C8H8N2OS. The van der Waals surface area contributed by atoms with Crippen LogP contribution < -0.4 is 5.32 Å². The maximum absolute atomic E-state index is 10.8. The van der Waals surface area contributed by atoms with E-state index in [0.717, 1.165) is 4.88 Å². The molecule has 0 spiro atoms. The van der Waals surface area contributed by atoms with E-state index in [4.69, 9.17) is 5.26 Å². The van der Waals surface area contributed by atoms with Crippen LogP contribution in [-0.4, -0.2) is 5.91 Å². The van der Waals surface area contributed by atoms with Crippen LogP contribution in [0.15, 0.2) is 17.5 Å². The average molecular weight is 180 g/mol. The largest absolute Gasteiger partial charge is 0.350 e. The Balaban J connectivity index is 2.28. The first-order valence-corrected chi connectivity index (χ1v) is 4.37. The summed E-state index contributed by atoms with van der Waals surface area (Å²) in [5.41, 5.74) is 0. The van der Waals surface area contributed by atoms with Gasteiger partial charge in [-0.3, -0.25) is 4.79 Å². The molecule has 1 aromatic rings. The van der Waals surface area contributed by atoms with E-state index in [0.29, 0.717) is 6.54 Å². The number of hydrogen-bond donors (Lipinski definition) is 1. The van der Waals surface area contributed by atoms with Gasteiger partial charge in [0.2, 0.25) is 5.91 Å². The molecule has 0 saturated carbocycles. The molecule has 0 saturated heterocycles. The van der Waals surface area contributed by atoms with E-state index in [1.54, 1.807) is 17.4 Å². The summed E-state index contributed by atoms with van der Waals surface area (Å²) in [6.45, 7) is 0.526. The Morgan fingerprint density at radius 1 is 1.75 bits per heavy atom. The van der Waals surface area contributed by atoms with Crippen molar-refractivity contribution >= 4 is 17.2 Å². The SMILES string of the molecule is N#CCC(=O)NCc1cccs1. The molecule has 0 aliphatic heterocycles. The molecule has 1 rings (SSSR count). The molecule has 1 aromatic heterocycles. The van der Waals surface area contributed by atoms with Crippen LogP contribution in [-0.2, 0) is 11.3 Å². The predicted molar refractivity (Wildman–Crippen MR) is 46.4 cm³/mol. The highest BCUT2D eigenvalue weighted by Gasteiger charge is 1.99. The number of hydrogen-bond acceptors (Lipinski definition) is 3. The van der Waals surface area contributed by atoms with Crippen molar-refractivity contribution in [1.82, 2.24) is 5.32 Å². The zero-order valence-electron chi connectivity index (χ0n) is 6.41. The third-order valence-corrected chi connectivity index (χ3v) is 2.16. The zero-order valence-corrected chi connectivity index (χ0v) is 7.23. The van der Waals surface area contributed by atoms with Crippen molar-refractivity contribution in [3.8, 4) is 6.07 Å². The second-order valence-electron chi connectivity index (χ2n) is 2.19. The summed E-state index contributed by atoms with van der Waals surface area (Å²) in [5.74, 6) is -0.217. The molecule has 1 N–H and O–H groups in total. The summed E-state index contributed by atoms with van der Waals surface area (Å²) in [6, 6.07) is 5.66. The molecule has 62 valence electrons. The van der Waals surface area contributed by atoms with E-state index in [-0.39, 0.29) is 12.3 Å². The summed E-state index contributed by atoms with van der Waals surface area (Å²) in [4.78, 5) is 11.9. The van der Waals surface area contributed by atoms with Crippen molar-refractivity contribution in [1.29, 1.82) is 5.26 Å². The number of nitriles is 1. The molecule has 1 heterocycles. The Bertz CT molecular complexity index is 287. The van der Waals surface area contributed by atoms with Gasteiger partial charge in [0.1, 0.15) is 6.42 Å². The van der Waals surface area contributed by atoms with E-state index >= 15 is 0 Å². The van der Waals surface area contributed by atoms with Crippen molar-refractivity contribution in [3.05, 3.63) is 22.4 Å². The van der Waals surface area contributed by atoms with Gasteiger partial charge in [-0.15, -0.1) is 11.3 Å². The van der Waals surface area contributed by atoms with E-state index in [1.165, 1.54) is 0 Å². The highest BCUT2D eigenvalue weighted by atomic mass is 32.1. The first-order valence-electron chi connectivity index (χ1n) is 3.49. The molecule has 0 bridgehead atoms. The van der Waals surface area contributed by atoms with Crippen LogP contribution in [0.1, 0.15) is 11.3 Å². The number of nitrogens with one attached hydrogen (secondary N) is 1. The molecule has 0 aliphatic carbocycles. The minimum Gasteiger partial charge on any atom is -0.350 e. The molecule has 0 unspecified atom stereocenters. The molecule has 1 amide bonds. The van der Waals surface area contributed by atoms with E-state index in [9.17, 15) is 4.79 Å². The molecule has 0 aliphatic rings. The van der Waals surface area contributed by atoms with Gasteiger partial charge in [-0.05, 0) is 11.4 Å². The fourth-order valence-electron chi connectivity index (χ4n) is 0.733. The number of carbonyl (C=O) groups is 1. The zero-order chi connectivity index (χ0) is 8.81. The first kappa shape index (κ1) is 8.75. The lowest BCUT2D eigenvalue weighted by atomic mass is 10.4. The monoisotopic (exact) mass is 180 g/mol. The molecule has 12 heavy (non-hydrogen) atoms. The summed E-state index contributed by atoms with van der Waals surface area (Å²) < 4.78 is 0. The number of amides is 1. The fraction of sp³-hybridized carbons (Fsp3) is 0.250. The second-order valence-corrected chi connectivity index (χ2v) is 3.22. The molecule has 0 radical (unpaired) electrons. The minimum absolute atomic E-state index is 0.0641. The predicted octanol–water partition coefficient (Wildman–Crippen LogP) is 1.28. The summed E-state index contributed by atoms with van der Waals surface area (Å²) in [7, 11) is 0. The van der Waals surface area contributed by atoms with Gasteiger partial charge in [-0.25, -0.2) is 0 Å². The van der Waals surface area contributed by atoms with Crippen LogP contribution in [0.4, 0.5) is 0 Å².